The topological polar surface area (TPSA) is 69.6 Å². The number of hydrogen-bond donors (Lipinski definition) is 2. The van der Waals surface area contributed by atoms with Crippen LogP contribution in [0, 0.1) is 11.6 Å². The van der Waals surface area contributed by atoms with Crippen molar-refractivity contribution in [2.75, 3.05) is 13.6 Å². The summed E-state index contributed by atoms with van der Waals surface area (Å²) in [6.07, 6.45) is 0.102. The van der Waals surface area contributed by atoms with E-state index in [-0.39, 0.29) is 27.8 Å². The standard InChI is InChI=1S/C23H18F4N4O2/c1-30(23(33)12-4-13-3-2-11(21(26)27)9-31(13)10-12)19-8-28-7-18-20(19)14-5-16(24)17(25)6-15(14)22(32)29-18/h2-6,9-10,19,21,28H,7-8H2,1H3,(H,29,32)/t19-/m0/s1. The van der Waals surface area contributed by atoms with Gasteiger partial charge in [0.05, 0.1) is 17.0 Å². The van der Waals surface area contributed by atoms with Gasteiger partial charge < -0.3 is 19.6 Å². The van der Waals surface area contributed by atoms with Gasteiger partial charge >= 0.3 is 0 Å². The molecule has 3 aromatic heterocycles. The Hall–Kier alpha value is -3.66. The smallest absolute Gasteiger partial charge is 0.265 e. The maximum Gasteiger partial charge on any atom is 0.265 e. The molecule has 0 saturated carbocycles. The van der Waals surface area contributed by atoms with Gasteiger partial charge in [0.15, 0.2) is 11.6 Å². The third-order valence-corrected chi connectivity index (χ3v) is 6.06. The van der Waals surface area contributed by atoms with Crippen molar-refractivity contribution in [3.63, 3.8) is 0 Å². The molecule has 1 aliphatic heterocycles. The maximum absolute atomic E-state index is 14.1. The lowest BCUT2D eigenvalue weighted by molar-refractivity contribution is 0.0723. The van der Waals surface area contributed by atoms with Crippen molar-refractivity contribution in [2.24, 2.45) is 0 Å². The van der Waals surface area contributed by atoms with Crippen LogP contribution in [0.4, 0.5) is 17.6 Å². The molecule has 33 heavy (non-hydrogen) atoms. The fraction of sp³-hybridized carbons (Fsp3) is 0.217. The van der Waals surface area contributed by atoms with Crippen LogP contribution in [0.3, 0.4) is 0 Å². The summed E-state index contributed by atoms with van der Waals surface area (Å²) < 4.78 is 55.3. The van der Waals surface area contributed by atoms with Crippen molar-refractivity contribution >= 4 is 22.2 Å². The molecule has 0 saturated heterocycles. The van der Waals surface area contributed by atoms with Crippen LogP contribution in [-0.4, -0.2) is 33.8 Å². The van der Waals surface area contributed by atoms with E-state index < -0.39 is 29.7 Å². The molecule has 0 fully saturated rings. The first-order valence-corrected chi connectivity index (χ1v) is 10.2. The van der Waals surface area contributed by atoms with Crippen molar-refractivity contribution in [2.45, 2.75) is 19.0 Å². The number of benzene rings is 1. The number of halogens is 4. The quantitative estimate of drug-likeness (QED) is 0.458. The normalized spacial score (nSPS) is 15.9. The Morgan fingerprint density at radius 1 is 1.12 bits per heavy atom. The molecule has 5 rings (SSSR count). The molecule has 1 aromatic carbocycles. The van der Waals surface area contributed by atoms with Gasteiger partial charge in [0.25, 0.3) is 17.9 Å². The van der Waals surface area contributed by atoms with E-state index in [1.54, 1.807) is 13.1 Å². The summed E-state index contributed by atoms with van der Waals surface area (Å²) in [7, 11) is 1.56. The third-order valence-electron chi connectivity index (χ3n) is 6.06. The number of likely N-dealkylation sites (N-methyl/N-ethyl adjacent to an activating group) is 1. The fourth-order valence-corrected chi connectivity index (χ4v) is 4.40. The summed E-state index contributed by atoms with van der Waals surface area (Å²) in [5, 5.41) is 3.36. The van der Waals surface area contributed by atoms with Crippen LogP contribution in [0.2, 0.25) is 0 Å². The van der Waals surface area contributed by atoms with Gasteiger partial charge in [0.2, 0.25) is 0 Å². The molecule has 4 heterocycles. The third kappa shape index (κ3) is 3.46. The van der Waals surface area contributed by atoms with Gasteiger partial charge in [0, 0.05) is 54.9 Å². The number of rotatable bonds is 3. The SMILES string of the molecule is CN(C(=O)c1cc2ccc(C(F)F)cn2c1)[C@H]1CNCc2[nH]c(=O)c3cc(F)c(F)cc3c21. The molecule has 1 aliphatic rings. The van der Waals surface area contributed by atoms with Crippen molar-refractivity contribution in [3.05, 3.63) is 87.1 Å². The number of carbonyl (C=O) groups excluding carboxylic acids is 1. The first-order valence-electron chi connectivity index (χ1n) is 10.2. The van der Waals surface area contributed by atoms with E-state index in [1.807, 2.05) is 0 Å². The number of amides is 1. The molecular formula is C23H18F4N4O2. The summed E-state index contributed by atoms with van der Waals surface area (Å²) in [6, 6.07) is 5.64. The van der Waals surface area contributed by atoms with E-state index in [0.717, 1.165) is 12.1 Å². The number of fused-ring (bicyclic) bond motifs is 4. The molecule has 0 radical (unpaired) electrons. The Morgan fingerprint density at radius 3 is 2.58 bits per heavy atom. The van der Waals surface area contributed by atoms with Crippen LogP contribution in [0.5, 0.6) is 0 Å². The summed E-state index contributed by atoms with van der Waals surface area (Å²) >= 11 is 0. The number of hydrogen-bond acceptors (Lipinski definition) is 3. The number of aromatic amines is 1. The second kappa shape index (κ2) is 7.73. The van der Waals surface area contributed by atoms with Gasteiger partial charge in [-0.25, -0.2) is 17.6 Å². The molecule has 0 spiro atoms. The number of nitrogens with zero attached hydrogens (tertiary/aromatic N) is 2. The highest BCUT2D eigenvalue weighted by atomic mass is 19.3. The largest absolute Gasteiger partial charge is 0.333 e. The average Bonchev–Trinajstić information content (AvgIpc) is 3.22. The van der Waals surface area contributed by atoms with Gasteiger partial charge in [-0.05, 0) is 35.7 Å². The molecular weight excluding hydrogens is 440 g/mol. The number of H-pyrrole nitrogens is 1. The minimum atomic E-state index is -2.64. The minimum Gasteiger partial charge on any atom is -0.333 e. The monoisotopic (exact) mass is 458 g/mol. The first kappa shape index (κ1) is 21.2. The molecule has 6 nitrogen and oxygen atoms in total. The van der Waals surface area contributed by atoms with Crippen LogP contribution in [0.25, 0.3) is 16.3 Å². The molecule has 10 heteroatoms. The number of nitrogens with one attached hydrogen (secondary N) is 2. The van der Waals surface area contributed by atoms with E-state index in [9.17, 15) is 27.2 Å². The Labute approximate surface area is 184 Å². The summed E-state index contributed by atoms with van der Waals surface area (Å²) in [4.78, 5) is 29.8. The molecule has 0 bridgehead atoms. The van der Waals surface area contributed by atoms with Gasteiger partial charge in [-0.1, -0.05) is 0 Å². The number of alkyl halides is 2. The number of pyridine rings is 2. The Morgan fingerprint density at radius 2 is 1.85 bits per heavy atom. The highest BCUT2D eigenvalue weighted by Crippen LogP contribution is 2.33. The zero-order chi connectivity index (χ0) is 23.4. The second-order valence-electron chi connectivity index (χ2n) is 8.05. The van der Waals surface area contributed by atoms with Crippen LogP contribution in [0.15, 0.2) is 47.5 Å². The zero-order valence-electron chi connectivity index (χ0n) is 17.3. The molecule has 0 aliphatic carbocycles. The first-order chi connectivity index (χ1) is 15.7. The van der Waals surface area contributed by atoms with Gasteiger partial charge in [-0.2, -0.15) is 0 Å². The lowest BCUT2D eigenvalue weighted by Gasteiger charge is -2.34. The minimum absolute atomic E-state index is 0.00506. The molecule has 170 valence electrons. The summed E-state index contributed by atoms with van der Waals surface area (Å²) in [5.41, 5.74) is 1.15. The van der Waals surface area contributed by atoms with Gasteiger partial charge in [-0.3, -0.25) is 9.59 Å². The zero-order valence-corrected chi connectivity index (χ0v) is 17.3. The highest BCUT2D eigenvalue weighted by Gasteiger charge is 2.31. The van der Waals surface area contributed by atoms with E-state index >= 15 is 0 Å². The fourth-order valence-electron chi connectivity index (χ4n) is 4.40. The summed E-state index contributed by atoms with van der Waals surface area (Å²) in [6.45, 7) is 0.614. The predicted molar refractivity (Wildman–Crippen MR) is 113 cm³/mol. The van der Waals surface area contributed by atoms with Crippen LogP contribution < -0.4 is 10.9 Å². The van der Waals surface area contributed by atoms with Crippen molar-refractivity contribution in [3.8, 4) is 0 Å². The molecule has 4 aromatic rings. The Kier molecular flexibility index (Phi) is 4.97. The van der Waals surface area contributed by atoms with Crippen molar-refractivity contribution in [1.29, 1.82) is 0 Å². The maximum atomic E-state index is 14.1. The van der Waals surface area contributed by atoms with E-state index in [1.165, 1.54) is 33.8 Å². The van der Waals surface area contributed by atoms with Crippen LogP contribution in [0.1, 0.15) is 39.6 Å². The lowest BCUT2D eigenvalue weighted by Crippen LogP contribution is -2.42. The van der Waals surface area contributed by atoms with Gasteiger partial charge in [-0.15, -0.1) is 0 Å². The highest BCUT2D eigenvalue weighted by molar-refractivity contribution is 5.96. The predicted octanol–water partition coefficient (Wildman–Crippen LogP) is 3.91. The Balaban J connectivity index is 1.58. The lowest BCUT2D eigenvalue weighted by atomic mass is 9.93. The van der Waals surface area contributed by atoms with Crippen LogP contribution >= 0.6 is 0 Å². The van der Waals surface area contributed by atoms with Gasteiger partial charge in [0.1, 0.15) is 0 Å². The van der Waals surface area contributed by atoms with E-state index in [0.29, 0.717) is 29.9 Å². The van der Waals surface area contributed by atoms with Crippen molar-refractivity contribution in [1.82, 2.24) is 19.6 Å². The number of carbonyl (C=O) groups is 1. The molecule has 2 N–H and O–H groups in total. The van der Waals surface area contributed by atoms with E-state index in [2.05, 4.69) is 10.3 Å². The molecule has 1 amide bonds. The summed E-state index contributed by atoms with van der Waals surface area (Å²) in [5.74, 6) is -2.61. The number of aromatic nitrogens is 2. The molecule has 0 unspecified atom stereocenters. The van der Waals surface area contributed by atoms with E-state index in [4.69, 9.17) is 0 Å². The van der Waals surface area contributed by atoms with Crippen molar-refractivity contribution < 1.29 is 22.4 Å². The second-order valence-corrected chi connectivity index (χ2v) is 8.05. The Bertz CT molecular complexity index is 1480. The van der Waals surface area contributed by atoms with Crippen LogP contribution in [-0.2, 0) is 6.54 Å². The average molecular weight is 458 g/mol. The molecule has 1 atom stereocenters.